The molecule has 15 heavy (non-hydrogen) atoms. The molecule has 1 unspecified atom stereocenters. The first kappa shape index (κ1) is 12.6. The molecule has 0 aliphatic carbocycles. The highest BCUT2D eigenvalue weighted by molar-refractivity contribution is 7.79. The van der Waals surface area contributed by atoms with Crippen molar-refractivity contribution in [1.82, 2.24) is 0 Å². The fourth-order valence-corrected chi connectivity index (χ4v) is 1.90. The van der Waals surface area contributed by atoms with Crippen LogP contribution in [0.1, 0.15) is 0 Å². The quantitative estimate of drug-likeness (QED) is 0.863. The lowest BCUT2D eigenvalue weighted by molar-refractivity contribution is -0.0498. The summed E-state index contributed by atoms with van der Waals surface area (Å²) < 4.78 is 47.2. The molecule has 1 atom stereocenters. The summed E-state index contributed by atoms with van der Waals surface area (Å²) in [6.45, 7) is -3.04. The molecule has 0 aliphatic rings. The molecule has 0 bridgehead atoms. The monoisotopic (exact) mass is 276 g/mol. The van der Waals surface area contributed by atoms with Gasteiger partial charge in [-0.1, -0.05) is 23.2 Å². The van der Waals surface area contributed by atoms with Crippen molar-refractivity contribution in [3.63, 3.8) is 0 Å². The average molecular weight is 277 g/mol. The summed E-state index contributed by atoms with van der Waals surface area (Å²) in [6.07, 6.45) is 0. The van der Waals surface area contributed by atoms with Gasteiger partial charge < -0.3 is 9.29 Å². The van der Waals surface area contributed by atoms with E-state index in [0.29, 0.717) is 0 Å². The van der Waals surface area contributed by atoms with E-state index in [4.69, 9.17) is 27.8 Å². The molecule has 0 amide bonds. The molecule has 0 fully saturated rings. The zero-order valence-electron chi connectivity index (χ0n) is 6.92. The standard InChI is InChI=1S/C7H4Cl2F2O3S/c8-3-2-6(15(12)13)4(9)1-5(3)14-7(10)11/h1-2,7H,(H,12,13). The molecule has 1 aromatic rings. The molecule has 0 saturated carbocycles. The minimum Gasteiger partial charge on any atom is -0.433 e. The van der Waals surface area contributed by atoms with E-state index in [-0.39, 0.29) is 20.7 Å². The Morgan fingerprint density at radius 1 is 1.33 bits per heavy atom. The lowest BCUT2D eigenvalue weighted by atomic mass is 10.3. The lowest BCUT2D eigenvalue weighted by Gasteiger charge is -2.08. The van der Waals surface area contributed by atoms with Crippen molar-refractivity contribution in [2.75, 3.05) is 0 Å². The van der Waals surface area contributed by atoms with Crippen LogP contribution in [-0.4, -0.2) is 15.4 Å². The van der Waals surface area contributed by atoms with Crippen molar-refractivity contribution in [2.24, 2.45) is 0 Å². The van der Waals surface area contributed by atoms with Gasteiger partial charge in [0.25, 0.3) is 0 Å². The van der Waals surface area contributed by atoms with Crippen LogP contribution in [0.5, 0.6) is 5.75 Å². The molecule has 0 radical (unpaired) electrons. The number of benzene rings is 1. The SMILES string of the molecule is O=S(O)c1cc(Cl)c(OC(F)F)cc1Cl. The maximum Gasteiger partial charge on any atom is 0.387 e. The number of ether oxygens (including phenoxy) is 1. The van der Waals surface area contributed by atoms with Crippen molar-refractivity contribution in [3.05, 3.63) is 22.2 Å². The molecular weight excluding hydrogens is 273 g/mol. The zero-order chi connectivity index (χ0) is 11.6. The Hall–Kier alpha value is -0.430. The molecular formula is C7H4Cl2F2O3S. The van der Waals surface area contributed by atoms with Crippen LogP contribution in [0.3, 0.4) is 0 Å². The van der Waals surface area contributed by atoms with Crippen LogP contribution in [0.4, 0.5) is 8.78 Å². The van der Waals surface area contributed by atoms with Crippen molar-refractivity contribution in [2.45, 2.75) is 11.5 Å². The fourth-order valence-electron chi connectivity index (χ4n) is 0.830. The van der Waals surface area contributed by atoms with Crippen LogP contribution in [0.25, 0.3) is 0 Å². The van der Waals surface area contributed by atoms with E-state index >= 15 is 0 Å². The highest BCUT2D eigenvalue weighted by Crippen LogP contribution is 2.33. The van der Waals surface area contributed by atoms with Gasteiger partial charge in [0.15, 0.2) is 11.1 Å². The third-order valence-corrected chi connectivity index (χ3v) is 2.82. The summed E-state index contributed by atoms with van der Waals surface area (Å²) in [5.41, 5.74) is 0. The van der Waals surface area contributed by atoms with Crippen LogP contribution in [0, 0.1) is 0 Å². The Morgan fingerprint density at radius 3 is 2.40 bits per heavy atom. The maximum atomic E-state index is 11.9. The van der Waals surface area contributed by atoms with Gasteiger partial charge in [0.1, 0.15) is 5.75 Å². The number of hydrogen-bond acceptors (Lipinski definition) is 2. The highest BCUT2D eigenvalue weighted by Gasteiger charge is 2.14. The van der Waals surface area contributed by atoms with Crippen molar-refractivity contribution >= 4 is 34.3 Å². The minimum atomic E-state index is -3.04. The van der Waals surface area contributed by atoms with Gasteiger partial charge in [-0.05, 0) is 6.07 Å². The van der Waals surface area contributed by atoms with E-state index in [1.807, 2.05) is 0 Å². The maximum absolute atomic E-state index is 11.9. The number of rotatable bonds is 3. The molecule has 1 N–H and O–H groups in total. The van der Waals surface area contributed by atoms with E-state index in [0.717, 1.165) is 12.1 Å². The Morgan fingerprint density at radius 2 is 1.93 bits per heavy atom. The van der Waals surface area contributed by atoms with Crippen LogP contribution in [0.15, 0.2) is 17.0 Å². The predicted octanol–water partition coefficient (Wildman–Crippen LogP) is 3.18. The second-order valence-corrected chi connectivity index (χ2v) is 4.09. The summed E-state index contributed by atoms with van der Waals surface area (Å²) in [4.78, 5) is -0.164. The first-order valence-electron chi connectivity index (χ1n) is 3.46. The second-order valence-electron chi connectivity index (χ2n) is 2.34. The molecule has 3 nitrogen and oxygen atoms in total. The predicted molar refractivity (Wildman–Crippen MR) is 52.1 cm³/mol. The Balaban J connectivity index is 3.13. The molecule has 1 rings (SSSR count). The van der Waals surface area contributed by atoms with Gasteiger partial charge in [0.2, 0.25) is 0 Å². The summed E-state index contributed by atoms with van der Waals surface area (Å²) in [5, 5.41) is -0.381. The van der Waals surface area contributed by atoms with Crippen LogP contribution in [-0.2, 0) is 11.1 Å². The fraction of sp³-hybridized carbons (Fsp3) is 0.143. The Kier molecular flexibility index (Phi) is 4.27. The van der Waals surface area contributed by atoms with Crippen LogP contribution < -0.4 is 4.74 Å². The molecule has 0 saturated heterocycles. The van der Waals surface area contributed by atoms with Gasteiger partial charge in [0, 0.05) is 6.07 Å². The first-order valence-corrected chi connectivity index (χ1v) is 5.32. The summed E-state index contributed by atoms with van der Waals surface area (Å²) >= 11 is 8.74. The van der Waals surface area contributed by atoms with Gasteiger partial charge in [-0.25, -0.2) is 4.21 Å². The van der Waals surface area contributed by atoms with Gasteiger partial charge in [-0.3, -0.25) is 0 Å². The van der Waals surface area contributed by atoms with Crippen LogP contribution >= 0.6 is 23.2 Å². The van der Waals surface area contributed by atoms with Gasteiger partial charge in [-0.15, -0.1) is 0 Å². The average Bonchev–Trinajstić information content (AvgIpc) is 2.09. The summed E-state index contributed by atoms with van der Waals surface area (Å²) in [7, 11) is 0. The van der Waals surface area contributed by atoms with E-state index in [1.54, 1.807) is 0 Å². The van der Waals surface area contributed by atoms with E-state index in [2.05, 4.69) is 4.74 Å². The molecule has 0 heterocycles. The van der Waals surface area contributed by atoms with Gasteiger partial charge >= 0.3 is 6.61 Å². The number of hydrogen-bond donors (Lipinski definition) is 1. The number of halogens is 4. The van der Waals surface area contributed by atoms with Crippen molar-refractivity contribution in [3.8, 4) is 5.75 Å². The third kappa shape index (κ3) is 3.27. The smallest absolute Gasteiger partial charge is 0.387 e. The highest BCUT2D eigenvalue weighted by atomic mass is 35.5. The zero-order valence-corrected chi connectivity index (χ0v) is 9.24. The minimum absolute atomic E-state index is 0.164. The van der Waals surface area contributed by atoms with E-state index in [1.165, 1.54) is 0 Å². The molecule has 0 spiro atoms. The lowest BCUT2D eigenvalue weighted by Crippen LogP contribution is -2.03. The van der Waals surface area contributed by atoms with Crippen LogP contribution in [0.2, 0.25) is 10.0 Å². The molecule has 0 aliphatic heterocycles. The van der Waals surface area contributed by atoms with Crippen molar-refractivity contribution < 1.29 is 22.3 Å². The van der Waals surface area contributed by atoms with Gasteiger partial charge in [-0.2, -0.15) is 8.78 Å². The molecule has 8 heteroatoms. The van der Waals surface area contributed by atoms with Crippen molar-refractivity contribution in [1.29, 1.82) is 0 Å². The third-order valence-electron chi connectivity index (χ3n) is 1.39. The summed E-state index contributed by atoms with van der Waals surface area (Å²) in [6, 6.07) is 1.96. The molecule has 1 aromatic carbocycles. The summed E-state index contributed by atoms with van der Waals surface area (Å²) in [5.74, 6) is -0.342. The first-order chi connectivity index (χ1) is 6.91. The Bertz CT molecular complexity index is 400. The molecule has 84 valence electrons. The topological polar surface area (TPSA) is 46.5 Å². The van der Waals surface area contributed by atoms with E-state index in [9.17, 15) is 13.0 Å². The second kappa shape index (κ2) is 5.07. The van der Waals surface area contributed by atoms with E-state index < -0.39 is 17.7 Å². The normalized spacial score (nSPS) is 12.9. The number of alkyl halides is 2. The molecule has 0 aromatic heterocycles. The largest absolute Gasteiger partial charge is 0.433 e. The van der Waals surface area contributed by atoms with Gasteiger partial charge in [0.05, 0.1) is 14.9 Å². The Labute approximate surface area is 96.2 Å².